The number of allylic oxidation sites excluding steroid dienone is 1. The fraction of sp³-hybridized carbons (Fsp3) is 0.667. The van der Waals surface area contributed by atoms with Crippen molar-refractivity contribution in [1.82, 2.24) is 0 Å². The topological polar surface area (TPSA) is 17.1 Å². The van der Waals surface area contributed by atoms with Gasteiger partial charge in [0.05, 0.1) is 5.25 Å². The number of Topliss-reactive ketones (excluding diaryl/α,β-unsaturated/α-hetero) is 1. The lowest BCUT2D eigenvalue weighted by atomic mass is 9.90. The van der Waals surface area contributed by atoms with Crippen molar-refractivity contribution in [2.45, 2.75) is 30.3 Å². The predicted molar refractivity (Wildman–Crippen MR) is 47.7 cm³/mol. The maximum absolute atomic E-state index is 11.1. The molecule has 1 saturated heterocycles. The van der Waals surface area contributed by atoms with Gasteiger partial charge in [0.1, 0.15) is 5.78 Å². The fourth-order valence-electron chi connectivity index (χ4n) is 1.87. The van der Waals surface area contributed by atoms with E-state index in [9.17, 15) is 4.79 Å². The Morgan fingerprint density at radius 1 is 1.45 bits per heavy atom. The molecule has 0 aromatic carbocycles. The number of rotatable bonds is 1. The Morgan fingerprint density at radius 2 is 2.27 bits per heavy atom. The van der Waals surface area contributed by atoms with Gasteiger partial charge in [-0.15, -0.1) is 11.8 Å². The van der Waals surface area contributed by atoms with Gasteiger partial charge >= 0.3 is 0 Å². The normalized spacial score (nSPS) is 41.0. The highest BCUT2D eigenvalue weighted by Gasteiger charge is 2.34. The molecule has 0 amide bonds. The number of carbonyl (C=O) groups is 1. The van der Waals surface area contributed by atoms with Crippen molar-refractivity contribution in [2.75, 3.05) is 0 Å². The average Bonchev–Trinajstić information content (AvgIpc) is 2.06. The summed E-state index contributed by atoms with van der Waals surface area (Å²) in [5, 5.41) is 0.910. The summed E-state index contributed by atoms with van der Waals surface area (Å²) in [5.74, 6) is 0.900. The standard InChI is InChI=1S/C9H12OS/c1-6(10)9-7-2-4-8(11-9)5-3-7/h2,4,7-9H,3,5H2,1H3. The Kier molecular flexibility index (Phi) is 1.80. The third-order valence-corrected chi connectivity index (χ3v) is 4.19. The molecule has 0 aromatic heterocycles. The van der Waals surface area contributed by atoms with Crippen molar-refractivity contribution in [3.05, 3.63) is 12.2 Å². The molecule has 1 nitrogen and oxygen atoms in total. The van der Waals surface area contributed by atoms with Crippen molar-refractivity contribution in [1.29, 1.82) is 0 Å². The van der Waals surface area contributed by atoms with Crippen LogP contribution in [-0.4, -0.2) is 16.3 Å². The molecule has 2 aliphatic heterocycles. The molecule has 60 valence electrons. The first-order chi connectivity index (χ1) is 5.27. The molecule has 1 fully saturated rings. The maximum atomic E-state index is 11.1. The summed E-state index contributed by atoms with van der Waals surface area (Å²) in [4.78, 5) is 11.1. The molecule has 3 aliphatic rings. The Labute approximate surface area is 71.2 Å². The lowest BCUT2D eigenvalue weighted by Crippen LogP contribution is -2.33. The molecular weight excluding hydrogens is 156 g/mol. The second-order valence-corrected chi connectivity index (χ2v) is 4.72. The first-order valence-corrected chi connectivity index (χ1v) is 5.06. The van der Waals surface area contributed by atoms with Crippen LogP contribution in [-0.2, 0) is 4.79 Å². The first kappa shape index (κ1) is 7.41. The molecule has 0 spiro atoms. The summed E-state index contributed by atoms with van der Waals surface area (Å²) in [6.45, 7) is 1.71. The highest BCUT2D eigenvalue weighted by atomic mass is 32.2. The van der Waals surface area contributed by atoms with Crippen LogP contribution in [0.15, 0.2) is 12.2 Å². The van der Waals surface area contributed by atoms with E-state index in [-0.39, 0.29) is 5.25 Å². The van der Waals surface area contributed by atoms with E-state index < -0.39 is 0 Å². The highest BCUT2D eigenvalue weighted by Crippen LogP contribution is 2.41. The highest BCUT2D eigenvalue weighted by molar-refractivity contribution is 8.01. The second kappa shape index (κ2) is 2.67. The minimum Gasteiger partial charge on any atom is -0.299 e. The smallest absolute Gasteiger partial charge is 0.143 e. The maximum Gasteiger partial charge on any atom is 0.143 e. The van der Waals surface area contributed by atoms with Crippen molar-refractivity contribution in [2.24, 2.45) is 5.92 Å². The predicted octanol–water partition coefficient (Wildman–Crippen LogP) is 2.03. The van der Waals surface area contributed by atoms with Crippen molar-refractivity contribution in [3.8, 4) is 0 Å². The monoisotopic (exact) mass is 168 g/mol. The van der Waals surface area contributed by atoms with Crippen LogP contribution in [0.5, 0.6) is 0 Å². The van der Waals surface area contributed by atoms with E-state index in [0.29, 0.717) is 17.0 Å². The van der Waals surface area contributed by atoms with E-state index in [1.54, 1.807) is 6.92 Å². The Balaban J connectivity index is 2.17. The summed E-state index contributed by atoms with van der Waals surface area (Å²) < 4.78 is 0. The van der Waals surface area contributed by atoms with Gasteiger partial charge in [-0.3, -0.25) is 4.79 Å². The van der Waals surface area contributed by atoms with Crippen LogP contribution < -0.4 is 0 Å². The zero-order valence-corrected chi connectivity index (χ0v) is 7.43. The van der Waals surface area contributed by atoms with Crippen molar-refractivity contribution < 1.29 is 4.79 Å². The zero-order chi connectivity index (χ0) is 7.84. The lowest BCUT2D eigenvalue weighted by Gasteiger charge is -2.35. The van der Waals surface area contributed by atoms with E-state index in [2.05, 4.69) is 12.2 Å². The Bertz CT molecular complexity index is 210. The number of ketones is 1. The molecular formula is C9H12OS. The van der Waals surface area contributed by atoms with E-state index in [0.717, 1.165) is 0 Å². The van der Waals surface area contributed by atoms with Crippen LogP contribution in [0.3, 0.4) is 0 Å². The van der Waals surface area contributed by atoms with Gasteiger partial charge in [-0.2, -0.15) is 0 Å². The summed E-state index contributed by atoms with van der Waals surface area (Å²) in [5.41, 5.74) is 0. The van der Waals surface area contributed by atoms with Crippen LogP contribution in [0, 0.1) is 5.92 Å². The number of hydrogen-bond donors (Lipinski definition) is 0. The molecule has 3 unspecified atom stereocenters. The Morgan fingerprint density at radius 3 is 2.55 bits per heavy atom. The minimum absolute atomic E-state index is 0.277. The largest absolute Gasteiger partial charge is 0.299 e. The number of thioether (sulfide) groups is 1. The van der Waals surface area contributed by atoms with Gasteiger partial charge in [0.2, 0.25) is 0 Å². The molecule has 1 aliphatic carbocycles. The molecule has 11 heavy (non-hydrogen) atoms. The van der Waals surface area contributed by atoms with Gasteiger partial charge in [-0.05, 0) is 25.7 Å². The fourth-order valence-corrected chi connectivity index (χ4v) is 3.32. The molecule has 0 aromatic rings. The molecule has 0 N–H and O–H groups in total. The van der Waals surface area contributed by atoms with Gasteiger partial charge in [0.25, 0.3) is 0 Å². The number of hydrogen-bond acceptors (Lipinski definition) is 2. The van der Waals surface area contributed by atoms with E-state index in [4.69, 9.17) is 0 Å². The van der Waals surface area contributed by atoms with Crippen LogP contribution in [0.2, 0.25) is 0 Å². The van der Waals surface area contributed by atoms with Gasteiger partial charge in [-0.25, -0.2) is 0 Å². The van der Waals surface area contributed by atoms with Crippen molar-refractivity contribution in [3.63, 3.8) is 0 Å². The zero-order valence-electron chi connectivity index (χ0n) is 6.62. The molecule has 2 heteroatoms. The Hall–Kier alpha value is -0.240. The third kappa shape index (κ3) is 1.24. The summed E-state index contributed by atoms with van der Waals surface area (Å²) in [7, 11) is 0. The summed E-state index contributed by atoms with van der Waals surface area (Å²) in [6.07, 6.45) is 6.99. The summed E-state index contributed by atoms with van der Waals surface area (Å²) >= 11 is 1.85. The van der Waals surface area contributed by atoms with Gasteiger partial charge in [-0.1, -0.05) is 12.2 Å². The molecule has 2 heterocycles. The molecule has 2 bridgehead atoms. The van der Waals surface area contributed by atoms with Gasteiger partial charge < -0.3 is 0 Å². The minimum atomic E-state index is 0.277. The average molecular weight is 168 g/mol. The van der Waals surface area contributed by atoms with Gasteiger partial charge in [0.15, 0.2) is 0 Å². The van der Waals surface area contributed by atoms with Crippen molar-refractivity contribution >= 4 is 17.5 Å². The van der Waals surface area contributed by atoms with Crippen LogP contribution >= 0.6 is 11.8 Å². The molecule has 3 atom stereocenters. The van der Waals surface area contributed by atoms with E-state index in [1.165, 1.54) is 12.8 Å². The van der Waals surface area contributed by atoms with Gasteiger partial charge in [0, 0.05) is 5.25 Å². The lowest BCUT2D eigenvalue weighted by molar-refractivity contribution is -0.117. The molecule has 3 rings (SSSR count). The first-order valence-electron chi connectivity index (χ1n) is 4.11. The summed E-state index contributed by atoms with van der Waals surface area (Å²) in [6, 6.07) is 0. The van der Waals surface area contributed by atoms with Crippen LogP contribution in [0.1, 0.15) is 19.8 Å². The number of fused-ring (bicyclic) bond motifs is 2. The number of carbonyl (C=O) groups excluding carboxylic acids is 1. The van der Waals surface area contributed by atoms with E-state index in [1.807, 2.05) is 11.8 Å². The molecule has 0 saturated carbocycles. The molecule has 0 radical (unpaired) electrons. The quantitative estimate of drug-likeness (QED) is 0.557. The third-order valence-electron chi connectivity index (χ3n) is 2.47. The van der Waals surface area contributed by atoms with Crippen LogP contribution in [0.25, 0.3) is 0 Å². The van der Waals surface area contributed by atoms with E-state index >= 15 is 0 Å². The second-order valence-electron chi connectivity index (χ2n) is 3.33. The SMILES string of the molecule is CC(=O)C1SC2C=CC1CC2. The van der Waals surface area contributed by atoms with Crippen LogP contribution in [0.4, 0.5) is 0 Å².